The zero-order chi connectivity index (χ0) is 54.1. The SMILES string of the molecule is C#CCC1CCCCC1.C#CCC1CCN(C(=O)Oc2ccc(C)c(C)c2)CC1.C1CCOC1.CC(=O)OC(Cl)(Cl)Cl.CN(C)c1ccccc1.Cc1ccc(O)cc1C.Cc1ccc(OC(=O)Cl)cc1C. The minimum atomic E-state index is -1.91. The van der Waals surface area contributed by atoms with E-state index >= 15 is 0 Å². The molecule has 1 aliphatic carbocycles. The summed E-state index contributed by atoms with van der Waals surface area (Å²) in [5, 5.41) is 8.94. The van der Waals surface area contributed by atoms with E-state index in [0.717, 1.165) is 87.1 Å². The normalized spacial score (nSPS) is 13.8. The van der Waals surface area contributed by atoms with Gasteiger partial charge in [0.2, 0.25) is 0 Å². The first kappa shape index (κ1) is 64.9. The van der Waals surface area contributed by atoms with Gasteiger partial charge in [-0.3, -0.25) is 4.79 Å². The number of aryl methyl sites for hydroxylation is 6. The Balaban J connectivity index is 0.000000438. The number of aromatic hydroxyl groups is 1. The van der Waals surface area contributed by atoms with E-state index < -0.39 is 15.4 Å². The molecule has 0 unspecified atom stereocenters. The van der Waals surface area contributed by atoms with Gasteiger partial charge in [-0.25, -0.2) is 9.59 Å². The summed E-state index contributed by atoms with van der Waals surface area (Å²) in [6.07, 6.45) is 23.6. The van der Waals surface area contributed by atoms with E-state index in [1.54, 1.807) is 29.2 Å². The number of nitrogens with zero attached hydrogens (tertiary/aromatic N) is 2. The van der Waals surface area contributed by atoms with Crippen molar-refractivity contribution in [1.82, 2.24) is 4.90 Å². The molecule has 2 heterocycles. The summed E-state index contributed by atoms with van der Waals surface area (Å²) >= 11 is 20.1. The van der Waals surface area contributed by atoms with Gasteiger partial charge in [0.15, 0.2) is 0 Å². The molecule has 0 radical (unpaired) electrons. The summed E-state index contributed by atoms with van der Waals surface area (Å²) in [6, 6.07) is 26.7. The summed E-state index contributed by atoms with van der Waals surface area (Å²) in [5.41, 5.74) is 7.34. The molecule has 394 valence electrons. The Morgan fingerprint density at radius 3 is 1.47 bits per heavy atom. The maximum Gasteiger partial charge on any atom is 0.415 e. The van der Waals surface area contributed by atoms with Crippen LogP contribution in [0, 0.1) is 78.1 Å². The van der Waals surface area contributed by atoms with Crippen molar-refractivity contribution in [2.45, 2.75) is 123 Å². The number of rotatable bonds is 5. The smallest absolute Gasteiger partial charge is 0.415 e. The summed E-state index contributed by atoms with van der Waals surface area (Å²) in [6.45, 7) is 16.6. The van der Waals surface area contributed by atoms with Gasteiger partial charge >= 0.3 is 21.5 Å². The second-order valence-corrected chi connectivity index (χ2v) is 20.3. The molecule has 7 rings (SSSR count). The number of ether oxygens (including phenoxy) is 4. The van der Waals surface area contributed by atoms with E-state index in [4.69, 9.17) is 73.8 Å². The van der Waals surface area contributed by atoms with Gasteiger partial charge in [0.1, 0.15) is 17.2 Å². The predicted octanol–water partition coefficient (Wildman–Crippen LogP) is 15.6. The molecule has 10 nitrogen and oxygen atoms in total. The standard InChI is InChI=1S/C17H21NO2.C9H9ClO2.C9H14.C8H11N.C8H10O.C4H8O.C3H3Cl3O2/c1-4-5-15-8-10-18(11-9-15)17(19)20-16-7-6-13(2)14(3)12-16;1-6-3-4-8(5-7(6)2)12-9(10)11;1-2-6-9-7-4-3-5-8-9;1-9(2)8-6-4-3-5-7-8;1-6-3-4-8(9)5-7(6)2;1-2-4-5-3-1;1-2(7)8-3(4,5)6/h1,6-7,12,15H,5,8-11H2,2-3H3;3-5H,1-2H3;1,9H,3-8H2;3-7H,1-2H3;3-5,9H,1-2H3;1-4H2;1H3. The summed E-state index contributed by atoms with van der Waals surface area (Å²) in [7, 11) is 4.07. The fourth-order valence-electron chi connectivity index (χ4n) is 6.98. The Hall–Kier alpha value is -5.07. The Morgan fingerprint density at radius 1 is 0.667 bits per heavy atom. The summed E-state index contributed by atoms with van der Waals surface area (Å²) in [4.78, 5) is 36.3. The molecule has 0 aromatic heterocycles. The average Bonchev–Trinajstić information content (AvgIpc) is 3.93. The van der Waals surface area contributed by atoms with Crippen LogP contribution in [0.2, 0.25) is 0 Å². The van der Waals surface area contributed by atoms with E-state index in [0.29, 0.717) is 23.2 Å². The quantitative estimate of drug-likeness (QED) is 0.0903. The van der Waals surface area contributed by atoms with Crippen molar-refractivity contribution in [3.63, 3.8) is 0 Å². The third kappa shape index (κ3) is 31.4. The number of alkyl halides is 3. The second kappa shape index (κ2) is 36.8. The lowest BCUT2D eigenvalue weighted by atomic mass is 9.87. The molecule has 72 heavy (non-hydrogen) atoms. The maximum absolute atomic E-state index is 12.1. The van der Waals surface area contributed by atoms with Crippen LogP contribution in [0.1, 0.15) is 111 Å². The number of hydrogen-bond donors (Lipinski definition) is 1. The topological polar surface area (TPSA) is 115 Å². The highest BCUT2D eigenvalue weighted by Gasteiger charge is 2.24. The minimum absolute atomic E-state index is 0.257. The molecule has 3 aliphatic rings. The molecule has 1 amide bonds. The van der Waals surface area contributed by atoms with Gasteiger partial charge in [0, 0.05) is 77.5 Å². The van der Waals surface area contributed by atoms with Crippen molar-refractivity contribution < 1.29 is 38.4 Å². The van der Waals surface area contributed by atoms with Crippen molar-refractivity contribution in [1.29, 1.82) is 0 Å². The molecular formula is C58H76Cl4N2O8. The number of carbonyl (C=O) groups is 3. The molecule has 0 atom stereocenters. The van der Waals surface area contributed by atoms with Crippen molar-refractivity contribution in [3.05, 3.63) is 118 Å². The van der Waals surface area contributed by atoms with Gasteiger partial charge in [-0.15, -0.1) is 24.7 Å². The molecule has 2 saturated heterocycles. The van der Waals surface area contributed by atoms with Gasteiger partial charge in [-0.05, 0) is 209 Å². The molecule has 0 bridgehead atoms. The first-order chi connectivity index (χ1) is 34.0. The van der Waals surface area contributed by atoms with E-state index in [1.807, 2.05) is 104 Å². The van der Waals surface area contributed by atoms with E-state index in [1.165, 1.54) is 61.8 Å². The predicted molar refractivity (Wildman–Crippen MR) is 298 cm³/mol. The Kier molecular flexibility index (Phi) is 33.2. The zero-order valence-corrected chi connectivity index (χ0v) is 46.7. The maximum atomic E-state index is 12.1. The second-order valence-electron chi connectivity index (χ2n) is 17.8. The van der Waals surface area contributed by atoms with E-state index in [2.05, 4.69) is 38.3 Å². The number of halogens is 4. The van der Waals surface area contributed by atoms with Crippen LogP contribution in [0.25, 0.3) is 0 Å². The molecule has 1 saturated carbocycles. The first-order valence-corrected chi connectivity index (χ1v) is 25.7. The van der Waals surface area contributed by atoms with Crippen molar-refractivity contribution in [3.8, 4) is 41.9 Å². The number of para-hydroxylation sites is 1. The number of anilines is 1. The van der Waals surface area contributed by atoms with Crippen LogP contribution in [0.3, 0.4) is 0 Å². The first-order valence-electron chi connectivity index (χ1n) is 24.2. The lowest BCUT2D eigenvalue weighted by Gasteiger charge is -2.30. The van der Waals surface area contributed by atoms with Crippen LogP contribution >= 0.6 is 46.4 Å². The minimum Gasteiger partial charge on any atom is -0.508 e. The highest BCUT2D eigenvalue weighted by Crippen LogP contribution is 2.28. The fraction of sp³-hybridized carbons (Fsp3) is 0.466. The van der Waals surface area contributed by atoms with Gasteiger partial charge in [0.05, 0.1) is 0 Å². The Labute approximate surface area is 450 Å². The van der Waals surface area contributed by atoms with Gasteiger partial charge < -0.3 is 33.9 Å². The number of esters is 1. The third-order valence-electron chi connectivity index (χ3n) is 11.6. The van der Waals surface area contributed by atoms with Crippen LogP contribution < -0.4 is 14.4 Å². The number of carbonyl (C=O) groups excluding carboxylic acids is 3. The summed E-state index contributed by atoms with van der Waals surface area (Å²) < 4.78 is 17.2. The molecule has 4 aromatic rings. The summed E-state index contributed by atoms with van der Waals surface area (Å²) in [5.74, 6) is 7.67. The van der Waals surface area contributed by atoms with Gasteiger partial charge in [-0.1, -0.05) is 55.7 Å². The number of benzene rings is 4. The van der Waals surface area contributed by atoms with Crippen LogP contribution in [-0.2, 0) is 14.3 Å². The van der Waals surface area contributed by atoms with E-state index in [9.17, 15) is 14.4 Å². The lowest BCUT2D eigenvalue weighted by molar-refractivity contribution is -0.141. The van der Waals surface area contributed by atoms with Crippen LogP contribution in [0.15, 0.2) is 84.9 Å². The van der Waals surface area contributed by atoms with Crippen LogP contribution in [-0.4, -0.2) is 71.9 Å². The van der Waals surface area contributed by atoms with Crippen molar-refractivity contribution in [2.75, 3.05) is 45.3 Å². The number of phenols is 1. The fourth-order valence-corrected chi connectivity index (χ4v) is 7.40. The molecule has 14 heteroatoms. The van der Waals surface area contributed by atoms with Gasteiger partial charge in [0.25, 0.3) is 0 Å². The number of piperidine rings is 1. The van der Waals surface area contributed by atoms with Crippen molar-refractivity contribution in [2.24, 2.45) is 11.8 Å². The average molecular weight is 1070 g/mol. The Morgan fingerprint density at radius 2 is 1.12 bits per heavy atom. The number of amides is 1. The molecule has 2 aliphatic heterocycles. The molecule has 4 aromatic carbocycles. The van der Waals surface area contributed by atoms with E-state index in [-0.39, 0.29) is 6.09 Å². The number of phenolic OH excluding ortho intramolecular Hbond substituents is 1. The third-order valence-corrected chi connectivity index (χ3v) is 11.9. The van der Waals surface area contributed by atoms with Gasteiger partial charge in [-0.2, -0.15) is 0 Å². The van der Waals surface area contributed by atoms with Crippen LogP contribution in [0.5, 0.6) is 17.2 Å². The highest BCUT2D eigenvalue weighted by atomic mass is 35.6. The largest absolute Gasteiger partial charge is 0.508 e. The molecule has 1 N–H and O–H groups in total. The van der Waals surface area contributed by atoms with Crippen LogP contribution in [0.4, 0.5) is 15.3 Å². The molecular weight excluding hydrogens is 994 g/mol. The lowest BCUT2D eigenvalue weighted by Crippen LogP contribution is -2.40. The zero-order valence-electron chi connectivity index (χ0n) is 43.7. The number of terminal acetylenes is 2. The monoisotopic (exact) mass is 1070 g/mol. The molecule has 0 spiro atoms. The number of likely N-dealkylation sites (tertiary alicyclic amines) is 1. The van der Waals surface area contributed by atoms with Crippen molar-refractivity contribution >= 4 is 69.6 Å². The Bertz CT molecular complexity index is 2260. The highest BCUT2D eigenvalue weighted by molar-refractivity contribution is 6.66. The molecule has 3 fully saturated rings. The number of hydrogen-bond acceptors (Lipinski definition) is 9.